The molecule has 290 valence electrons. The number of benzene rings is 3. The molecular weight excluding hydrogens is 757 g/mol. The van der Waals surface area contributed by atoms with E-state index >= 15 is 0 Å². The van der Waals surface area contributed by atoms with E-state index in [2.05, 4.69) is 20.5 Å². The molecule has 0 unspecified atom stereocenters. The molecule has 2 aromatic heterocycles. The van der Waals surface area contributed by atoms with Crippen LogP contribution < -0.4 is 19.7 Å². The Hall–Kier alpha value is -6.07. The summed E-state index contributed by atoms with van der Waals surface area (Å²) in [6.45, 7) is 4.77. The summed E-state index contributed by atoms with van der Waals surface area (Å²) in [5, 5.41) is 22.9. The van der Waals surface area contributed by atoms with E-state index in [0.717, 1.165) is 27.7 Å². The van der Waals surface area contributed by atoms with Crippen molar-refractivity contribution in [3.05, 3.63) is 125 Å². The number of hydrogen-bond donors (Lipinski definition) is 2. The largest absolute Gasteiger partial charge is 0.492 e. The molecule has 15 nitrogen and oxygen atoms in total. The fraction of sp³-hybridized carbons (Fsp3) is 0.256. The normalized spacial score (nSPS) is 12.9. The number of amides is 2. The van der Waals surface area contributed by atoms with Crippen molar-refractivity contribution < 1.29 is 27.7 Å². The molecule has 3 heterocycles. The Bertz CT molecular complexity index is 2270. The number of nitrogens with one attached hydrogen (secondary N) is 2. The number of carbonyl (C=O) groups is 2. The van der Waals surface area contributed by atoms with Crippen molar-refractivity contribution in [2.75, 3.05) is 55.3 Å². The molecule has 0 atom stereocenters. The van der Waals surface area contributed by atoms with E-state index in [9.17, 15) is 28.1 Å². The van der Waals surface area contributed by atoms with Gasteiger partial charge in [0.1, 0.15) is 11.4 Å². The number of thioether (sulfide) groups is 1. The van der Waals surface area contributed by atoms with E-state index in [4.69, 9.17) is 4.74 Å². The molecule has 0 radical (unpaired) electrons. The number of aromatic nitrogens is 3. The molecule has 1 fully saturated rings. The van der Waals surface area contributed by atoms with Crippen molar-refractivity contribution in [3.8, 4) is 16.9 Å². The number of pyridine rings is 1. The molecule has 3 aromatic carbocycles. The maximum atomic E-state index is 13.2. The fourth-order valence-electron chi connectivity index (χ4n) is 6.12. The third-order valence-corrected chi connectivity index (χ3v) is 11.3. The lowest BCUT2D eigenvalue weighted by Gasteiger charge is -2.35. The molecular formula is C39H40N8O7S2. The second-order valence-corrected chi connectivity index (χ2v) is 15.5. The smallest absolute Gasteiger partial charge is 0.293 e. The van der Waals surface area contributed by atoms with Gasteiger partial charge in [0.05, 0.1) is 22.6 Å². The van der Waals surface area contributed by atoms with Crippen LogP contribution in [-0.4, -0.2) is 90.3 Å². The van der Waals surface area contributed by atoms with Crippen molar-refractivity contribution in [3.63, 3.8) is 0 Å². The lowest BCUT2D eigenvalue weighted by atomic mass is 9.97. The highest BCUT2D eigenvalue weighted by molar-refractivity contribution is 7.99. The van der Waals surface area contributed by atoms with Gasteiger partial charge in [0.25, 0.3) is 21.6 Å². The number of hydrogen-bond acceptors (Lipinski definition) is 13. The standard InChI is InChI=1S/C39H40N8O7S2/c1-2-54-30-24-29(26-40-27-30)33-11-7-6-8-28(33)12-17-38(48)46-21-19-45(20-22-46)37-16-15-35(42-43-37)39(49)44-56(52,53)32-13-14-34(36(25-32)47(50)51)41-18-23-55-31-9-4-3-5-10-31/h3-11,13-16,24-27,41H,2,12,17-23H2,1H3,(H,44,49). The summed E-state index contributed by atoms with van der Waals surface area (Å²) < 4.78 is 33.7. The third kappa shape index (κ3) is 10.2. The number of piperazine rings is 1. The van der Waals surface area contributed by atoms with Crippen molar-refractivity contribution in [1.29, 1.82) is 0 Å². The van der Waals surface area contributed by atoms with Gasteiger partial charge in [-0.2, -0.15) is 0 Å². The van der Waals surface area contributed by atoms with Crippen LogP contribution in [0.15, 0.2) is 113 Å². The lowest BCUT2D eigenvalue weighted by Crippen LogP contribution is -2.49. The number of anilines is 2. The van der Waals surface area contributed by atoms with Crippen LogP contribution in [0.4, 0.5) is 17.2 Å². The van der Waals surface area contributed by atoms with E-state index < -0.39 is 31.4 Å². The van der Waals surface area contributed by atoms with E-state index in [1.807, 2.05) is 82.1 Å². The Morgan fingerprint density at radius 1 is 0.929 bits per heavy atom. The lowest BCUT2D eigenvalue weighted by molar-refractivity contribution is -0.384. The molecule has 0 aliphatic carbocycles. The number of nitro groups is 1. The van der Waals surface area contributed by atoms with E-state index in [-0.39, 0.29) is 17.3 Å². The first kappa shape index (κ1) is 39.6. The molecule has 5 aromatic rings. The zero-order valence-corrected chi connectivity index (χ0v) is 32.2. The Balaban J connectivity index is 0.993. The van der Waals surface area contributed by atoms with Crippen LogP contribution in [0.2, 0.25) is 0 Å². The molecule has 2 N–H and O–H groups in total. The maximum Gasteiger partial charge on any atom is 0.293 e. The molecule has 0 bridgehead atoms. The highest BCUT2D eigenvalue weighted by Gasteiger charge is 2.26. The highest BCUT2D eigenvalue weighted by atomic mass is 32.2. The second-order valence-electron chi connectivity index (χ2n) is 12.6. The van der Waals surface area contributed by atoms with Gasteiger partial charge < -0.3 is 19.9 Å². The van der Waals surface area contributed by atoms with Crippen LogP contribution in [0.25, 0.3) is 11.1 Å². The van der Waals surface area contributed by atoms with Gasteiger partial charge in [0, 0.05) is 67.6 Å². The average molecular weight is 797 g/mol. The van der Waals surface area contributed by atoms with Crippen LogP contribution in [0, 0.1) is 10.1 Å². The number of nitrogens with zero attached hydrogens (tertiary/aromatic N) is 6. The molecule has 6 rings (SSSR count). The van der Waals surface area contributed by atoms with Gasteiger partial charge >= 0.3 is 0 Å². The van der Waals surface area contributed by atoms with Crippen LogP contribution in [0.1, 0.15) is 29.4 Å². The van der Waals surface area contributed by atoms with Gasteiger partial charge in [-0.25, -0.2) is 13.1 Å². The van der Waals surface area contributed by atoms with Crippen molar-refractivity contribution in [2.24, 2.45) is 0 Å². The minimum absolute atomic E-state index is 0.0362. The molecule has 17 heteroatoms. The number of sulfonamides is 1. The first-order chi connectivity index (χ1) is 27.1. The average Bonchev–Trinajstić information content (AvgIpc) is 3.22. The Kier molecular flexibility index (Phi) is 13.1. The number of nitro benzene ring substituents is 1. The first-order valence-corrected chi connectivity index (χ1v) is 20.4. The summed E-state index contributed by atoms with van der Waals surface area (Å²) >= 11 is 1.57. The second kappa shape index (κ2) is 18.5. The van der Waals surface area contributed by atoms with Gasteiger partial charge in [-0.15, -0.1) is 22.0 Å². The van der Waals surface area contributed by atoms with Crippen LogP contribution in [0.5, 0.6) is 5.75 Å². The van der Waals surface area contributed by atoms with Crippen LogP contribution in [-0.2, 0) is 21.2 Å². The predicted molar refractivity (Wildman–Crippen MR) is 213 cm³/mol. The Morgan fingerprint density at radius 2 is 1.70 bits per heavy atom. The van der Waals surface area contributed by atoms with E-state index in [0.29, 0.717) is 69.5 Å². The number of rotatable bonds is 16. The molecule has 0 spiro atoms. The van der Waals surface area contributed by atoms with Crippen molar-refractivity contribution >= 4 is 50.8 Å². The van der Waals surface area contributed by atoms with Gasteiger partial charge in [-0.1, -0.05) is 42.5 Å². The molecule has 2 amide bonds. The Morgan fingerprint density at radius 3 is 2.43 bits per heavy atom. The molecule has 1 saturated heterocycles. The summed E-state index contributed by atoms with van der Waals surface area (Å²) in [4.78, 5) is 45.9. The van der Waals surface area contributed by atoms with Crippen LogP contribution >= 0.6 is 11.8 Å². The van der Waals surface area contributed by atoms with E-state index in [1.165, 1.54) is 18.2 Å². The van der Waals surface area contributed by atoms with Gasteiger partial charge in [0.15, 0.2) is 11.5 Å². The highest BCUT2D eigenvalue weighted by Crippen LogP contribution is 2.29. The fourth-order valence-corrected chi connectivity index (χ4v) is 7.88. The molecule has 56 heavy (non-hydrogen) atoms. The summed E-state index contributed by atoms with van der Waals surface area (Å²) in [6.07, 6.45) is 4.36. The van der Waals surface area contributed by atoms with Crippen LogP contribution in [0.3, 0.4) is 0 Å². The van der Waals surface area contributed by atoms with Gasteiger partial charge in [-0.05, 0) is 66.9 Å². The van der Waals surface area contributed by atoms with Crippen molar-refractivity contribution in [2.45, 2.75) is 29.6 Å². The summed E-state index contributed by atoms with van der Waals surface area (Å²) in [5.41, 5.74) is 2.42. The zero-order chi connectivity index (χ0) is 39.5. The molecule has 1 aliphatic heterocycles. The monoisotopic (exact) mass is 796 g/mol. The minimum atomic E-state index is -4.49. The zero-order valence-electron chi connectivity index (χ0n) is 30.5. The number of aryl methyl sites for hydroxylation is 1. The number of ether oxygens (including phenoxy) is 1. The van der Waals surface area contributed by atoms with E-state index in [1.54, 1.807) is 30.2 Å². The topological polar surface area (TPSA) is 190 Å². The molecule has 1 aliphatic rings. The van der Waals surface area contributed by atoms with Gasteiger partial charge in [-0.3, -0.25) is 24.7 Å². The SMILES string of the molecule is CCOc1cncc(-c2ccccc2CCC(=O)N2CCN(c3ccc(C(=O)NS(=O)(=O)c4ccc(NCCSc5ccccc5)c([N+](=O)[O-])c4)nn3)CC2)c1. The van der Waals surface area contributed by atoms with Gasteiger partial charge in [0.2, 0.25) is 5.91 Å². The maximum absolute atomic E-state index is 13.2. The minimum Gasteiger partial charge on any atom is -0.492 e. The molecule has 0 saturated carbocycles. The number of carbonyl (C=O) groups excluding carboxylic acids is 2. The third-order valence-electron chi connectivity index (χ3n) is 8.93. The summed E-state index contributed by atoms with van der Waals surface area (Å²) in [6, 6.07) is 25.9. The first-order valence-electron chi connectivity index (χ1n) is 17.9. The summed E-state index contributed by atoms with van der Waals surface area (Å²) in [5.74, 6) is 0.772. The quantitative estimate of drug-likeness (QED) is 0.0556. The predicted octanol–water partition coefficient (Wildman–Crippen LogP) is 5.45. The van der Waals surface area contributed by atoms with Crippen molar-refractivity contribution in [1.82, 2.24) is 24.8 Å². The summed E-state index contributed by atoms with van der Waals surface area (Å²) in [7, 11) is -4.49. The Labute approximate surface area is 328 Å².